The average molecular weight is 381 g/mol. The van der Waals surface area contributed by atoms with Gasteiger partial charge in [-0.2, -0.15) is 12.8 Å². The highest BCUT2D eigenvalue weighted by Crippen LogP contribution is 2.38. The minimum Gasteiger partial charge on any atom is -0.292 e. The van der Waals surface area contributed by atoms with Gasteiger partial charge in [0.25, 0.3) is 10.0 Å². The van der Waals surface area contributed by atoms with Crippen LogP contribution in [0.4, 0.5) is 0 Å². The predicted octanol–water partition coefficient (Wildman–Crippen LogP) is 3.52. The molecule has 0 radical (unpaired) electrons. The summed E-state index contributed by atoms with van der Waals surface area (Å²) in [6.07, 6.45) is 0. The number of halogens is 3. The summed E-state index contributed by atoms with van der Waals surface area (Å²) in [5.41, 5.74) is 0.0138. The SMILES string of the molecule is CC1=C(Cl)C(=NS(=O)(=O)c2ccccc2)[C@H](Cl)[C@](C)(Cl)C1=O. The highest BCUT2D eigenvalue weighted by Gasteiger charge is 2.48. The Kier molecular flexibility index (Phi) is 4.74. The highest BCUT2D eigenvalue weighted by molar-refractivity contribution is 7.90. The molecule has 22 heavy (non-hydrogen) atoms. The van der Waals surface area contributed by atoms with E-state index in [2.05, 4.69) is 4.40 Å². The standard InChI is InChI=1S/C14H12Cl3NO3S/c1-8-10(15)11(12(16)14(2,17)13(8)19)18-22(20,21)9-6-4-3-5-7-9/h3-7,12H,1-2H3/t12-,14-/m0/s1. The molecule has 0 amide bonds. The van der Waals surface area contributed by atoms with Crippen LogP contribution in [0.3, 0.4) is 0 Å². The first kappa shape index (κ1) is 17.5. The third-order valence-electron chi connectivity index (χ3n) is 3.31. The van der Waals surface area contributed by atoms with Gasteiger partial charge in [0.15, 0.2) is 5.78 Å². The summed E-state index contributed by atoms with van der Waals surface area (Å²) in [5.74, 6) is -0.449. The van der Waals surface area contributed by atoms with Crippen LogP contribution in [0.25, 0.3) is 0 Å². The molecule has 8 heteroatoms. The zero-order chi connectivity index (χ0) is 16.7. The van der Waals surface area contributed by atoms with Crippen molar-refractivity contribution >= 4 is 56.3 Å². The van der Waals surface area contributed by atoms with E-state index >= 15 is 0 Å². The summed E-state index contributed by atoms with van der Waals surface area (Å²) in [7, 11) is -4.00. The van der Waals surface area contributed by atoms with Gasteiger partial charge >= 0.3 is 0 Å². The largest absolute Gasteiger partial charge is 0.292 e. The monoisotopic (exact) mass is 379 g/mol. The second-order valence-corrected chi connectivity index (χ2v) is 8.17. The van der Waals surface area contributed by atoms with E-state index in [1.165, 1.54) is 26.0 Å². The molecule has 0 aromatic heterocycles. The molecule has 0 bridgehead atoms. The van der Waals surface area contributed by atoms with E-state index in [1.54, 1.807) is 18.2 Å². The number of rotatable bonds is 2. The van der Waals surface area contributed by atoms with Crippen molar-refractivity contribution in [2.45, 2.75) is 29.0 Å². The summed E-state index contributed by atoms with van der Waals surface area (Å²) in [6, 6.07) is 7.64. The maximum atomic E-state index is 12.3. The van der Waals surface area contributed by atoms with Crippen molar-refractivity contribution in [1.82, 2.24) is 0 Å². The number of alkyl halides is 2. The molecule has 1 aromatic rings. The first-order chi connectivity index (χ1) is 10.1. The smallest absolute Gasteiger partial charge is 0.282 e. The van der Waals surface area contributed by atoms with Crippen LogP contribution >= 0.6 is 34.8 Å². The quantitative estimate of drug-likeness (QED) is 0.737. The summed E-state index contributed by atoms with van der Waals surface area (Å²) < 4.78 is 28.4. The Bertz CT molecular complexity index is 783. The molecule has 118 valence electrons. The molecule has 0 fully saturated rings. The molecule has 1 aromatic carbocycles. The summed E-state index contributed by atoms with van der Waals surface area (Å²) >= 11 is 18.4. The van der Waals surface area contributed by atoms with Crippen molar-refractivity contribution in [2.24, 2.45) is 4.40 Å². The van der Waals surface area contributed by atoms with Crippen molar-refractivity contribution in [3.8, 4) is 0 Å². The lowest BCUT2D eigenvalue weighted by atomic mass is 9.87. The van der Waals surface area contributed by atoms with Crippen LogP contribution in [0, 0.1) is 0 Å². The zero-order valence-corrected chi connectivity index (χ0v) is 14.8. The number of ketones is 1. The number of carbonyl (C=O) groups excluding carboxylic acids is 1. The van der Waals surface area contributed by atoms with E-state index in [1.807, 2.05) is 0 Å². The first-order valence-corrected chi connectivity index (χ1v) is 8.86. The Morgan fingerprint density at radius 3 is 2.32 bits per heavy atom. The van der Waals surface area contributed by atoms with Gasteiger partial charge < -0.3 is 0 Å². The van der Waals surface area contributed by atoms with Crippen molar-refractivity contribution in [2.75, 3.05) is 0 Å². The van der Waals surface area contributed by atoms with Crippen molar-refractivity contribution in [1.29, 1.82) is 0 Å². The topological polar surface area (TPSA) is 63.6 Å². The van der Waals surface area contributed by atoms with Gasteiger partial charge in [-0.3, -0.25) is 4.79 Å². The molecule has 0 saturated heterocycles. The molecule has 0 N–H and O–H groups in total. The number of allylic oxidation sites excluding steroid dienone is 2. The maximum Gasteiger partial charge on any atom is 0.282 e. The maximum absolute atomic E-state index is 12.3. The second-order valence-electron chi connectivity index (χ2n) is 4.97. The molecule has 2 rings (SSSR count). The Labute approximate surface area is 143 Å². The minimum absolute atomic E-state index is 0.00154. The van der Waals surface area contributed by atoms with Gasteiger partial charge in [-0.25, -0.2) is 0 Å². The fourth-order valence-electron chi connectivity index (χ4n) is 2.00. The second kappa shape index (κ2) is 5.96. The van der Waals surface area contributed by atoms with Crippen LogP contribution in [-0.4, -0.2) is 30.2 Å². The Morgan fingerprint density at radius 2 is 1.77 bits per heavy atom. The van der Waals surface area contributed by atoms with E-state index in [4.69, 9.17) is 34.8 Å². The van der Waals surface area contributed by atoms with Crippen LogP contribution in [0.2, 0.25) is 0 Å². The lowest BCUT2D eigenvalue weighted by Crippen LogP contribution is -2.48. The van der Waals surface area contributed by atoms with Gasteiger partial charge in [0.1, 0.15) is 10.3 Å². The van der Waals surface area contributed by atoms with E-state index in [-0.39, 0.29) is 21.2 Å². The predicted molar refractivity (Wildman–Crippen MR) is 88.5 cm³/mol. The number of carbonyl (C=O) groups is 1. The fourth-order valence-corrected chi connectivity index (χ4v) is 3.97. The highest BCUT2D eigenvalue weighted by atomic mass is 35.5. The Hall–Kier alpha value is -0.880. The molecule has 0 heterocycles. The molecule has 4 nitrogen and oxygen atoms in total. The normalized spacial score (nSPS) is 28.3. The van der Waals surface area contributed by atoms with E-state index in [0.717, 1.165) is 0 Å². The summed E-state index contributed by atoms with van der Waals surface area (Å²) in [6.45, 7) is 2.87. The van der Waals surface area contributed by atoms with E-state index in [0.29, 0.717) is 0 Å². The number of hydrogen-bond donors (Lipinski definition) is 0. The molecular formula is C14H12Cl3NO3S. The third kappa shape index (κ3) is 2.95. The van der Waals surface area contributed by atoms with Gasteiger partial charge in [-0.1, -0.05) is 29.8 Å². The number of nitrogens with zero attached hydrogens (tertiary/aromatic N) is 1. The van der Waals surface area contributed by atoms with Crippen LogP contribution in [0.15, 0.2) is 50.2 Å². The molecule has 0 unspecified atom stereocenters. The third-order valence-corrected chi connectivity index (χ3v) is 6.24. The molecule has 0 aliphatic heterocycles. The molecule has 1 aliphatic rings. The first-order valence-electron chi connectivity index (χ1n) is 6.23. The summed E-state index contributed by atoms with van der Waals surface area (Å²) in [5, 5.41) is -1.24. The van der Waals surface area contributed by atoms with Crippen LogP contribution in [-0.2, 0) is 14.8 Å². The molecule has 1 aliphatic carbocycles. The lowest BCUT2D eigenvalue weighted by molar-refractivity contribution is -0.117. The molecule has 2 atom stereocenters. The van der Waals surface area contributed by atoms with E-state index < -0.39 is 26.1 Å². The van der Waals surface area contributed by atoms with Crippen LogP contribution in [0.5, 0.6) is 0 Å². The van der Waals surface area contributed by atoms with Crippen molar-refractivity contribution < 1.29 is 13.2 Å². The van der Waals surface area contributed by atoms with Gasteiger partial charge in [0, 0.05) is 5.57 Å². The van der Waals surface area contributed by atoms with Crippen LogP contribution in [0.1, 0.15) is 13.8 Å². The van der Waals surface area contributed by atoms with Crippen LogP contribution < -0.4 is 0 Å². The average Bonchev–Trinajstić information content (AvgIpc) is 2.49. The van der Waals surface area contributed by atoms with Crippen molar-refractivity contribution in [3.05, 3.63) is 40.9 Å². The van der Waals surface area contributed by atoms with Gasteiger partial charge in [0.2, 0.25) is 0 Å². The molecular weight excluding hydrogens is 369 g/mol. The summed E-state index contributed by atoms with van der Waals surface area (Å²) in [4.78, 5) is 10.6. The fraction of sp³-hybridized carbons (Fsp3) is 0.286. The minimum atomic E-state index is -4.00. The van der Waals surface area contributed by atoms with Gasteiger partial charge in [0.05, 0.1) is 15.6 Å². The number of Topliss-reactive ketones (excluding diaryl/α,β-unsaturated/α-hetero) is 1. The van der Waals surface area contributed by atoms with Crippen molar-refractivity contribution in [3.63, 3.8) is 0 Å². The number of hydrogen-bond acceptors (Lipinski definition) is 3. The Balaban J connectivity index is 2.63. The molecule has 0 spiro atoms. The zero-order valence-electron chi connectivity index (χ0n) is 11.7. The van der Waals surface area contributed by atoms with Gasteiger partial charge in [-0.15, -0.1) is 23.2 Å². The Morgan fingerprint density at radius 1 is 1.23 bits per heavy atom. The lowest BCUT2D eigenvalue weighted by Gasteiger charge is -2.32. The number of benzene rings is 1. The number of sulfonamides is 1. The van der Waals surface area contributed by atoms with Gasteiger partial charge in [-0.05, 0) is 26.0 Å². The molecule has 0 saturated carbocycles. The van der Waals surface area contributed by atoms with E-state index in [9.17, 15) is 13.2 Å².